The molecule has 0 bridgehead atoms. The molecule has 2 nitrogen and oxygen atoms in total. The molecule has 3 aliphatic carbocycles. The van der Waals surface area contributed by atoms with Crippen LogP contribution in [0, 0.1) is 17.3 Å². The molecule has 0 saturated heterocycles. The molecule has 2 N–H and O–H groups in total. The van der Waals surface area contributed by atoms with Crippen LogP contribution < -0.4 is 4.46 Å². The molecule has 0 spiro atoms. The Morgan fingerprint density at radius 3 is 2.69 bits per heavy atom. The molecule has 0 aliphatic heterocycles. The van der Waals surface area contributed by atoms with Crippen LogP contribution in [-0.2, 0) is 6.42 Å². The Labute approximate surface area is 180 Å². The molecule has 2 fully saturated rings. The fourth-order valence-electron chi connectivity index (χ4n) is 6.62. The van der Waals surface area contributed by atoms with Crippen LogP contribution in [0.15, 0.2) is 59.6 Å². The van der Waals surface area contributed by atoms with Gasteiger partial charge in [-0.05, 0) is 0 Å². The number of aliphatic hydroxyl groups is 1. The summed E-state index contributed by atoms with van der Waals surface area (Å²) in [5.41, 5.74) is 2.10. The van der Waals surface area contributed by atoms with E-state index in [1.807, 2.05) is 12.1 Å². The van der Waals surface area contributed by atoms with Gasteiger partial charge in [-0.25, -0.2) is 0 Å². The van der Waals surface area contributed by atoms with Crippen molar-refractivity contribution in [1.82, 2.24) is 0 Å². The molecule has 3 heteroatoms. The van der Waals surface area contributed by atoms with Crippen molar-refractivity contribution in [3.63, 3.8) is 0 Å². The summed E-state index contributed by atoms with van der Waals surface area (Å²) in [4.78, 5) is 2.25. The van der Waals surface area contributed by atoms with E-state index >= 15 is 0 Å². The summed E-state index contributed by atoms with van der Waals surface area (Å²) in [7, 11) is 0. The van der Waals surface area contributed by atoms with Crippen LogP contribution in [0.3, 0.4) is 0 Å². The third kappa shape index (κ3) is 3.19. The first-order valence-corrected chi connectivity index (χ1v) is 12.8. The molecule has 0 heterocycles. The number of fused-ring (bicyclic) bond motifs is 5. The van der Waals surface area contributed by atoms with Crippen LogP contribution in [0.5, 0.6) is 5.75 Å². The number of benzene rings is 2. The SMILES string of the molecule is C[C@]12CC[C@@H]3c4ccc(O)cc4CC[C@H]3[C@@H]1CC[C@@]2(O)/C=C\[Se]c1ccccc1. The van der Waals surface area contributed by atoms with Crippen molar-refractivity contribution in [2.75, 3.05) is 0 Å². The van der Waals surface area contributed by atoms with Gasteiger partial charge in [-0.3, -0.25) is 0 Å². The molecule has 29 heavy (non-hydrogen) atoms. The van der Waals surface area contributed by atoms with Gasteiger partial charge >= 0.3 is 180 Å². The zero-order chi connectivity index (χ0) is 20.1. The molecule has 2 saturated carbocycles. The standard InChI is InChI=1S/C26H30O2Se/c1-25-13-11-22-21-10-8-19(27)17-18(21)7-9-23(22)24(25)12-14-26(25,28)15-16-29-20-5-3-2-4-6-20/h2-6,8,10,15-17,22-24,27-28H,7,9,11-14H2,1H3/b16-15-/t22-,23-,24+,25+,26-/m1/s1. The molecule has 0 aromatic heterocycles. The molecular weight excluding hydrogens is 423 g/mol. The van der Waals surface area contributed by atoms with Crippen molar-refractivity contribution < 1.29 is 10.2 Å². The Morgan fingerprint density at radius 2 is 1.86 bits per heavy atom. The molecule has 0 radical (unpaired) electrons. The molecule has 0 unspecified atom stereocenters. The quantitative estimate of drug-likeness (QED) is 0.671. The first kappa shape index (κ1) is 19.4. The predicted molar refractivity (Wildman–Crippen MR) is 119 cm³/mol. The average molecular weight is 453 g/mol. The van der Waals surface area contributed by atoms with Crippen LogP contribution in [0.4, 0.5) is 0 Å². The van der Waals surface area contributed by atoms with Gasteiger partial charge in [-0.15, -0.1) is 0 Å². The van der Waals surface area contributed by atoms with Gasteiger partial charge in [0.2, 0.25) is 0 Å². The van der Waals surface area contributed by atoms with Gasteiger partial charge in [0, 0.05) is 0 Å². The molecule has 5 rings (SSSR count). The topological polar surface area (TPSA) is 40.5 Å². The first-order valence-electron chi connectivity index (χ1n) is 10.9. The molecule has 0 amide bonds. The Kier molecular flexibility index (Phi) is 4.89. The summed E-state index contributed by atoms with van der Waals surface area (Å²) < 4.78 is 1.36. The minimum absolute atomic E-state index is 0.0220. The van der Waals surface area contributed by atoms with E-state index in [9.17, 15) is 10.2 Å². The third-order valence-electron chi connectivity index (χ3n) is 8.22. The second kappa shape index (κ2) is 7.30. The second-order valence-electron chi connectivity index (χ2n) is 9.45. The number of aromatic hydroxyl groups is 1. The summed E-state index contributed by atoms with van der Waals surface area (Å²) in [6.45, 7) is 2.35. The average Bonchev–Trinajstić information content (AvgIpc) is 2.99. The van der Waals surface area contributed by atoms with E-state index in [4.69, 9.17) is 0 Å². The Bertz CT molecular complexity index is 924. The van der Waals surface area contributed by atoms with E-state index in [2.05, 4.69) is 54.4 Å². The van der Waals surface area contributed by atoms with Gasteiger partial charge in [0.05, 0.1) is 0 Å². The van der Waals surface area contributed by atoms with E-state index in [0.717, 1.165) is 32.1 Å². The minimum atomic E-state index is -0.672. The summed E-state index contributed by atoms with van der Waals surface area (Å²) >= 11 is 0.272. The predicted octanol–water partition coefficient (Wildman–Crippen LogP) is 4.52. The van der Waals surface area contributed by atoms with Crippen LogP contribution in [0.1, 0.15) is 56.1 Å². The van der Waals surface area contributed by atoms with E-state index in [1.165, 1.54) is 22.0 Å². The van der Waals surface area contributed by atoms with Gasteiger partial charge in [-0.1, -0.05) is 0 Å². The molecule has 2 aromatic rings. The van der Waals surface area contributed by atoms with Crippen molar-refractivity contribution in [3.8, 4) is 5.75 Å². The van der Waals surface area contributed by atoms with Crippen LogP contribution >= 0.6 is 0 Å². The first-order chi connectivity index (χ1) is 14.0. The molecule has 152 valence electrons. The third-order valence-corrected chi connectivity index (χ3v) is 9.93. The zero-order valence-corrected chi connectivity index (χ0v) is 18.8. The summed E-state index contributed by atoms with van der Waals surface area (Å²) in [5.74, 6) is 2.23. The van der Waals surface area contributed by atoms with Gasteiger partial charge in [0.15, 0.2) is 0 Å². The zero-order valence-electron chi connectivity index (χ0n) is 17.1. The fourth-order valence-corrected chi connectivity index (χ4v) is 8.22. The summed E-state index contributed by atoms with van der Waals surface area (Å²) in [6, 6.07) is 16.6. The van der Waals surface area contributed by atoms with Crippen molar-refractivity contribution in [2.24, 2.45) is 17.3 Å². The Hall–Kier alpha value is -1.54. The number of hydrogen-bond acceptors (Lipinski definition) is 2. The van der Waals surface area contributed by atoms with E-state index in [0.29, 0.717) is 23.5 Å². The van der Waals surface area contributed by atoms with Crippen molar-refractivity contribution >= 4 is 19.4 Å². The van der Waals surface area contributed by atoms with Gasteiger partial charge in [0.1, 0.15) is 0 Å². The van der Waals surface area contributed by atoms with Crippen LogP contribution in [0.2, 0.25) is 0 Å². The maximum absolute atomic E-state index is 11.7. The number of phenolic OH excluding ortho intramolecular Hbond substituents is 1. The van der Waals surface area contributed by atoms with Crippen LogP contribution in [0.25, 0.3) is 0 Å². The van der Waals surface area contributed by atoms with E-state index in [1.54, 1.807) is 0 Å². The summed E-state index contributed by atoms with van der Waals surface area (Å²) in [5, 5.41) is 21.6. The van der Waals surface area contributed by atoms with E-state index in [-0.39, 0.29) is 20.4 Å². The summed E-state index contributed by atoms with van der Waals surface area (Å²) in [6.07, 6.45) is 8.66. The number of hydrogen-bond donors (Lipinski definition) is 2. The van der Waals surface area contributed by atoms with Crippen molar-refractivity contribution in [3.05, 3.63) is 70.7 Å². The monoisotopic (exact) mass is 454 g/mol. The van der Waals surface area contributed by atoms with Gasteiger partial charge < -0.3 is 0 Å². The van der Waals surface area contributed by atoms with E-state index < -0.39 is 5.60 Å². The van der Waals surface area contributed by atoms with Crippen molar-refractivity contribution in [1.29, 1.82) is 0 Å². The number of rotatable bonds is 3. The molecular formula is C26H30O2Se. The number of aryl methyl sites for hydroxylation is 1. The Balaban J connectivity index is 1.38. The fraction of sp³-hybridized carbons (Fsp3) is 0.462. The molecule has 3 aliphatic rings. The normalized spacial score (nSPS) is 35.9. The van der Waals surface area contributed by atoms with Gasteiger partial charge in [-0.2, -0.15) is 0 Å². The second-order valence-corrected chi connectivity index (χ2v) is 11.5. The Morgan fingerprint density at radius 1 is 1.03 bits per heavy atom. The number of phenols is 1. The molecule has 5 atom stereocenters. The molecule has 2 aromatic carbocycles. The maximum atomic E-state index is 11.7. The van der Waals surface area contributed by atoms with Crippen molar-refractivity contribution in [2.45, 2.75) is 57.0 Å². The van der Waals surface area contributed by atoms with Gasteiger partial charge in [0.25, 0.3) is 0 Å². The van der Waals surface area contributed by atoms with Crippen LogP contribution in [-0.4, -0.2) is 30.8 Å².